The average molecular weight is 242 g/mol. The first-order valence-electron chi connectivity index (χ1n) is 5.99. The Morgan fingerprint density at radius 1 is 1.19 bits per heavy atom. The van der Waals surface area contributed by atoms with E-state index in [-0.39, 0.29) is 0 Å². The fourth-order valence-corrected chi connectivity index (χ4v) is 1.68. The largest absolute Gasteiger partial charge is 0.376 e. The van der Waals surface area contributed by atoms with Gasteiger partial charge in [-0.25, -0.2) is 9.98 Å². The van der Waals surface area contributed by atoms with Crippen molar-refractivity contribution in [3.05, 3.63) is 11.9 Å². The highest BCUT2D eigenvalue weighted by molar-refractivity contribution is 6.71. The van der Waals surface area contributed by atoms with Crippen LogP contribution in [0, 0.1) is 0 Å². The third-order valence-electron chi connectivity index (χ3n) is 2.56. The van der Waals surface area contributed by atoms with E-state index in [1.165, 1.54) is 0 Å². The fraction of sp³-hybridized carbons (Fsp3) is 0.667. The standard InChI is InChI=1S/C12H20ClN3/c1-4-7-8-11-14-10(12(13)15-11)9-16(5-2)6-3/h9H,4-8H2,1-3H3. The van der Waals surface area contributed by atoms with Gasteiger partial charge < -0.3 is 4.90 Å². The lowest BCUT2D eigenvalue weighted by Gasteiger charge is -2.15. The molecule has 4 heteroatoms. The highest BCUT2D eigenvalue weighted by Crippen LogP contribution is 2.17. The van der Waals surface area contributed by atoms with Gasteiger partial charge in [-0.3, -0.25) is 0 Å². The van der Waals surface area contributed by atoms with E-state index < -0.39 is 0 Å². The quantitative estimate of drug-likeness (QED) is 0.701. The van der Waals surface area contributed by atoms with E-state index in [4.69, 9.17) is 11.6 Å². The van der Waals surface area contributed by atoms with E-state index in [1.54, 1.807) is 0 Å². The van der Waals surface area contributed by atoms with Crippen LogP contribution in [0.2, 0.25) is 0 Å². The predicted molar refractivity (Wildman–Crippen MR) is 71.3 cm³/mol. The van der Waals surface area contributed by atoms with Gasteiger partial charge in [-0.2, -0.15) is 0 Å². The Morgan fingerprint density at radius 2 is 1.88 bits per heavy atom. The van der Waals surface area contributed by atoms with E-state index in [9.17, 15) is 0 Å². The molecule has 90 valence electrons. The molecule has 0 aromatic rings. The summed E-state index contributed by atoms with van der Waals surface area (Å²) >= 11 is 6.05. The molecule has 16 heavy (non-hydrogen) atoms. The zero-order valence-electron chi connectivity index (χ0n) is 10.3. The molecule has 0 aliphatic carbocycles. The molecule has 0 N–H and O–H groups in total. The van der Waals surface area contributed by atoms with Crippen molar-refractivity contribution in [3.63, 3.8) is 0 Å². The molecule has 0 aromatic carbocycles. The molecule has 3 nitrogen and oxygen atoms in total. The van der Waals surface area contributed by atoms with Crippen LogP contribution in [0.4, 0.5) is 0 Å². The monoisotopic (exact) mass is 241 g/mol. The zero-order chi connectivity index (χ0) is 12.0. The molecule has 0 unspecified atom stereocenters. The predicted octanol–water partition coefficient (Wildman–Crippen LogP) is 3.41. The second kappa shape index (κ2) is 6.69. The summed E-state index contributed by atoms with van der Waals surface area (Å²) in [7, 11) is 0. The van der Waals surface area contributed by atoms with Gasteiger partial charge in [-0.15, -0.1) is 0 Å². The van der Waals surface area contributed by atoms with Crippen molar-refractivity contribution >= 4 is 22.6 Å². The van der Waals surface area contributed by atoms with Crippen LogP contribution >= 0.6 is 11.6 Å². The minimum Gasteiger partial charge on any atom is -0.376 e. The second-order valence-corrected chi connectivity index (χ2v) is 4.13. The summed E-state index contributed by atoms with van der Waals surface area (Å²) in [5, 5.41) is 0.526. The third kappa shape index (κ3) is 3.63. The first-order chi connectivity index (χ1) is 7.71. The SMILES string of the molecule is CCCCC1=NC(=CN(CC)CC)C(Cl)=N1. The van der Waals surface area contributed by atoms with Gasteiger partial charge in [0.05, 0.1) is 0 Å². The number of unbranched alkanes of at least 4 members (excludes halogenated alkanes) is 1. The maximum absolute atomic E-state index is 6.05. The number of hydrogen-bond donors (Lipinski definition) is 0. The van der Waals surface area contributed by atoms with Crippen LogP contribution in [0.25, 0.3) is 0 Å². The van der Waals surface area contributed by atoms with E-state index in [0.717, 1.165) is 43.9 Å². The molecular weight excluding hydrogens is 222 g/mol. The van der Waals surface area contributed by atoms with Crippen molar-refractivity contribution in [2.24, 2.45) is 9.98 Å². The summed E-state index contributed by atoms with van der Waals surface area (Å²) < 4.78 is 0. The summed E-state index contributed by atoms with van der Waals surface area (Å²) in [5.74, 6) is 0.866. The topological polar surface area (TPSA) is 28.0 Å². The van der Waals surface area contributed by atoms with Crippen LogP contribution in [0.15, 0.2) is 21.9 Å². The Kier molecular flexibility index (Phi) is 5.53. The minimum absolute atomic E-state index is 0.526. The molecule has 0 saturated heterocycles. The van der Waals surface area contributed by atoms with E-state index in [2.05, 4.69) is 35.7 Å². The van der Waals surface area contributed by atoms with Gasteiger partial charge in [0.1, 0.15) is 11.5 Å². The van der Waals surface area contributed by atoms with Crippen LogP contribution < -0.4 is 0 Å². The second-order valence-electron chi connectivity index (χ2n) is 3.77. The summed E-state index contributed by atoms with van der Waals surface area (Å²) in [6, 6.07) is 0. The lowest BCUT2D eigenvalue weighted by molar-refractivity contribution is 0.417. The molecule has 0 radical (unpaired) electrons. The first kappa shape index (κ1) is 13.2. The average Bonchev–Trinajstić information content (AvgIpc) is 2.64. The Balaban J connectivity index is 2.69. The molecule has 1 aliphatic rings. The number of aliphatic imine (C=N–C) groups is 2. The Bertz CT molecular complexity index is 314. The summed E-state index contributed by atoms with van der Waals surface area (Å²) in [6.07, 6.45) is 5.18. The molecular formula is C12H20ClN3. The van der Waals surface area contributed by atoms with Crippen molar-refractivity contribution in [3.8, 4) is 0 Å². The molecule has 0 bridgehead atoms. The molecule has 0 saturated carbocycles. The Labute approximate surface area is 103 Å². The Hall–Kier alpha value is -0.830. The molecule has 0 amide bonds. The third-order valence-corrected chi connectivity index (χ3v) is 2.84. The minimum atomic E-state index is 0.526. The van der Waals surface area contributed by atoms with Crippen molar-refractivity contribution < 1.29 is 0 Å². The van der Waals surface area contributed by atoms with Crippen LogP contribution in [0.3, 0.4) is 0 Å². The van der Waals surface area contributed by atoms with Crippen molar-refractivity contribution in [1.29, 1.82) is 0 Å². The van der Waals surface area contributed by atoms with Gasteiger partial charge in [0.2, 0.25) is 0 Å². The number of rotatable bonds is 6. The van der Waals surface area contributed by atoms with Crippen LogP contribution in [0.1, 0.15) is 40.0 Å². The summed E-state index contributed by atoms with van der Waals surface area (Å²) in [4.78, 5) is 10.9. The van der Waals surface area contributed by atoms with Gasteiger partial charge >= 0.3 is 0 Å². The molecule has 0 aromatic heterocycles. The first-order valence-corrected chi connectivity index (χ1v) is 6.37. The highest BCUT2D eigenvalue weighted by atomic mass is 35.5. The van der Waals surface area contributed by atoms with Crippen LogP contribution in [-0.2, 0) is 0 Å². The number of halogens is 1. The smallest absolute Gasteiger partial charge is 0.158 e. The number of amidine groups is 1. The number of hydrogen-bond acceptors (Lipinski definition) is 3. The number of nitrogens with zero attached hydrogens (tertiary/aromatic N) is 3. The molecule has 0 atom stereocenters. The zero-order valence-corrected chi connectivity index (χ0v) is 11.1. The van der Waals surface area contributed by atoms with Crippen molar-refractivity contribution in [2.75, 3.05) is 13.1 Å². The van der Waals surface area contributed by atoms with Crippen molar-refractivity contribution in [1.82, 2.24) is 4.90 Å². The lowest BCUT2D eigenvalue weighted by Crippen LogP contribution is -2.16. The maximum atomic E-state index is 6.05. The molecule has 1 heterocycles. The van der Waals surface area contributed by atoms with E-state index in [0.29, 0.717) is 5.17 Å². The van der Waals surface area contributed by atoms with Gasteiger partial charge in [-0.1, -0.05) is 24.9 Å². The lowest BCUT2D eigenvalue weighted by atomic mass is 10.2. The molecule has 1 rings (SSSR count). The van der Waals surface area contributed by atoms with Gasteiger partial charge in [0.15, 0.2) is 5.17 Å². The maximum Gasteiger partial charge on any atom is 0.158 e. The molecule has 0 fully saturated rings. The van der Waals surface area contributed by atoms with Crippen LogP contribution in [0.5, 0.6) is 0 Å². The highest BCUT2D eigenvalue weighted by Gasteiger charge is 2.14. The van der Waals surface area contributed by atoms with Crippen LogP contribution in [-0.4, -0.2) is 29.0 Å². The summed E-state index contributed by atoms with van der Waals surface area (Å²) in [5.41, 5.74) is 0.802. The normalized spacial score (nSPS) is 17.6. The van der Waals surface area contributed by atoms with Gasteiger partial charge in [-0.05, 0) is 20.3 Å². The van der Waals surface area contributed by atoms with E-state index >= 15 is 0 Å². The van der Waals surface area contributed by atoms with Gasteiger partial charge in [0.25, 0.3) is 0 Å². The van der Waals surface area contributed by atoms with E-state index in [1.807, 2.05) is 6.20 Å². The van der Waals surface area contributed by atoms with Gasteiger partial charge in [0, 0.05) is 25.7 Å². The van der Waals surface area contributed by atoms with Crippen molar-refractivity contribution in [2.45, 2.75) is 40.0 Å². The number of allylic oxidation sites excluding steroid dienone is 1. The molecule has 0 spiro atoms. The Morgan fingerprint density at radius 3 is 2.44 bits per heavy atom. The summed E-state index contributed by atoms with van der Waals surface area (Å²) in [6.45, 7) is 8.31. The molecule has 1 aliphatic heterocycles. The fourth-order valence-electron chi connectivity index (χ4n) is 1.49.